The van der Waals surface area contributed by atoms with Crippen molar-refractivity contribution in [3.63, 3.8) is 0 Å². The second-order valence-corrected chi connectivity index (χ2v) is 4.37. The third-order valence-corrected chi connectivity index (χ3v) is 2.93. The third kappa shape index (κ3) is 3.51. The first-order valence-electron chi connectivity index (χ1n) is 5.08. The van der Waals surface area contributed by atoms with Crippen LogP contribution in [0.1, 0.15) is 25.8 Å². The van der Waals surface area contributed by atoms with Crippen LogP contribution in [0.3, 0.4) is 0 Å². The average molecular weight is 223 g/mol. The standard InChI is InChI=1S/C12H17NOS/c1-4-5-10(2)12(14)13(3)8-11-6-7-15-9-11/h5-7,9H,4,8H2,1-3H3/b10-5-. The SMILES string of the molecule is CC/C=C(/C)C(=O)N(C)Cc1ccsc1. The number of amides is 1. The van der Waals surface area contributed by atoms with Gasteiger partial charge in [-0.05, 0) is 35.7 Å². The van der Waals surface area contributed by atoms with Crippen LogP contribution in [-0.4, -0.2) is 17.9 Å². The van der Waals surface area contributed by atoms with Gasteiger partial charge in [-0.3, -0.25) is 4.79 Å². The summed E-state index contributed by atoms with van der Waals surface area (Å²) < 4.78 is 0. The second kappa shape index (κ2) is 5.71. The molecule has 82 valence electrons. The van der Waals surface area contributed by atoms with E-state index in [1.54, 1.807) is 16.2 Å². The number of hydrogen-bond donors (Lipinski definition) is 0. The summed E-state index contributed by atoms with van der Waals surface area (Å²) in [7, 11) is 1.84. The van der Waals surface area contributed by atoms with E-state index >= 15 is 0 Å². The van der Waals surface area contributed by atoms with Gasteiger partial charge >= 0.3 is 0 Å². The monoisotopic (exact) mass is 223 g/mol. The number of thiophene rings is 1. The fourth-order valence-corrected chi connectivity index (χ4v) is 2.08. The zero-order chi connectivity index (χ0) is 11.3. The van der Waals surface area contributed by atoms with Gasteiger partial charge in [0.1, 0.15) is 0 Å². The quantitative estimate of drug-likeness (QED) is 0.718. The van der Waals surface area contributed by atoms with Gasteiger partial charge in [-0.1, -0.05) is 13.0 Å². The van der Waals surface area contributed by atoms with Gasteiger partial charge in [0, 0.05) is 19.2 Å². The van der Waals surface area contributed by atoms with E-state index in [0.717, 1.165) is 12.0 Å². The number of allylic oxidation sites excluding steroid dienone is 1. The molecule has 1 amide bonds. The van der Waals surface area contributed by atoms with E-state index in [0.29, 0.717) is 6.54 Å². The highest BCUT2D eigenvalue weighted by molar-refractivity contribution is 7.07. The summed E-state index contributed by atoms with van der Waals surface area (Å²) in [5, 5.41) is 4.10. The highest BCUT2D eigenvalue weighted by Gasteiger charge is 2.10. The van der Waals surface area contributed by atoms with Crippen molar-refractivity contribution in [2.45, 2.75) is 26.8 Å². The zero-order valence-electron chi connectivity index (χ0n) is 9.49. The highest BCUT2D eigenvalue weighted by Crippen LogP contribution is 2.10. The molecule has 15 heavy (non-hydrogen) atoms. The van der Waals surface area contributed by atoms with E-state index in [2.05, 4.69) is 5.38 Å². The Bertz CT molecular complexity index is 341. The average Bonchev–Trinajstić information content (AvgIpc) is 2.69. The van der Waals surface area contributed by atoms with E-state index in [9.17, 15) is 4.79 Å². The Morgan fingerprint density at radius 1 is 1.60 bits per heavy atom. The molecule has 0 saturated carbocycles. The molecule has 0 aliphatic carbocycles. The minimum atomic E-state index is 0.114. The van der Waals surface area contributed by atoms with Crippen molar-refractivity contribution in [1.29, 1.82) is 0 Å². The van der Waals surface area contributed by atoms with Gasteiger partial charge in [-0.2, -0.15) is 11.3 Å². The number of hydrogen-bond acceptors (Lipinski definition) is 2. The van der Waals surface area contributed by atoms with Crippen LogP contribution in [0.4, 0.5) is 0 Å². The molecule has 0 atom stereocenters. The molecule has 2 nitrogen and oxygen atoms in total. The van der Waals surface area contributed by atoms with Gasteiger partial charge in [0.25, 0.3) is 0 Å². The number of carbonyl (C=O) groups is 1. The van der Waals surface area contributed by atoms with Crippen LogP contribution in [0.25, 0.3) is 0 Å². The molecular weight excluding hydrogens is 206 g/mol. The highest BCUT2D eigenvalue weighted by atomic mass is 32.1. The molecule has 1 heterocycles. The van der Waals surface area contributed by atoms with Crippen LogP contribution >= 0.6 is 11.3 Å². The lowest BCUT2D eigenvalue weighted by Crippen LogP contribution is -2.26. The Labute approximate surface area is 95.2 Å². The fraction of sp³-hybridized carbons (Fsp3) is 0.417. The van der Waals surface area contributed by atoms with Gasteiger partial charge in [0.15, 0.2) is 0 Å². The summed E-state index contributed by atoms with van der Waals surface area (Å²) in [6.45, 7) is 4.60. The summed E-state index contributed by atoms with van der Waals surface area (Å²) in [4.78, 5) is 13.6. The molecular formula is C12H17NOS. The fourth-order valence-electron chi connectivity index (χ4n) is 1.42. The van der Waals surface area contributed by atoms with Crippen LogP contribution in [0.5, 0.6) is 0 Å². The molecule has 0 N–H and O–H groups in total. The predicted octanol–water partition coefficient (Wildman–Crippen LogP) is 3.06. The van der Waals surface area contributed by atoms with Crippen molar-refractivity contribution in [3.05, 3.63) is 34.0 Å². The Morgan fingerprint density at radius 2 is 2.33 bits per heavy atom. The van der Waals surface area contributed by atoms with Crippen LogP contribution in [0.2, 0.25) is 0 Å². The number of rotatable bonds is 4. The zero-order valence-corrected chi connectivity index (χ0v) is 10.3. The van der Waals surface area contributed by atoms with Crippen molar-refractivity contribution in [2.24, 2.45) is 0 Å². The summed E-state index contributed by atoms with van der Waals surface area (Å²) in [6.07, 6.45) is 2.87. The molecule has 1 rings (SSSR count). The molecule has 0 radical (unpaired) electrons. The van der Waals surface area contributed by atoms with E-state index in [1.165, 1.54) is 5.56 Å². The smallest absolute Gasteiger partial charge is 0.249 e. The molecule has 0 fully saturated rings. The van der Waals surface area contributed by atoms with Crippen molar-refractivity contribution < 1.29 is 4.79 Å². The molecule has 0 aliphatic rings. The van der Waals surface area contributed by atoms with E-state index < -0.39 is 0 Å². The molecule has 0 aliphatic heterocycles. The minimum absolute atomic E-state index is 0.114. The molecule has 0 unspecified atom stereocenters. The maximum Gasteiger partial charge on any atom is 0.249 e. The van der Waals surface area contributed by atoms with Gasteiger partial charge in [-0.15, -0.1) is 0 Å². The first-order chi connectivity index (χ1) is 7.15. The molecule has 1 aromatic heterocycles. The van der Waals surface area contributed by atoms with E-state index in [4.69, 9.17) is 0 Å². The van der Waals surface area contributed by atoms with Crippen LogP contribution < -0.4 is 0 Å². The van der Waals surface area contributed by atoms with Crippen LogP contribution in [0, 0.1) is 0 Å². The van der Waals surface area contributed by atoms with Gasteiger partial charge < -0.3 is 4.90 Å². The van der Waals surface area contributed by atoms with E-state index in [1.807, 2.05) is 38.4 Å². The van der Waals surface area contributed by atoms with Gasteiger partial charge in [0.05, 0.1) is 0 Å². The molecule has 1 aromatic rings. The summed E-state index contributed by atoms with van der Waals surface area (Å²) in [6, 6.07) is 2.05. The first kappa shape index (κ1) is 12.0. The topological polar surface area (TPSA) is 20.3 Å². The van der Waals surface area contributed by atoms with Crippen molar-refractivity contribution in [1.82, 2.24) is 4.90 Å². The summed E-state index contributed by atoms with van der Waals surface area (Å²) in [5.41, 5.74) is 2.02. The Morgan fingerprint density at radius 3 is 2.87 bits per heavy atom. The molecule has 0 bridgehead atoms. The van der Waals surface area contributed by atoms with Crippen molar-refractivity contribution >= 4 is 17.2 Å². The molecule has 0 spiro atoms. The lowest BCUT2D eigenvalue weighted by molar-refractivity contribution is -0.126. The Kier molecular flexibility index (Phi) is 4.56. The number of carbonyl (C=O) groups excluding carboxylic acids is 1. The van der Waals surface area contributed by atoms with Crippen LogP contribution in [0.15, 0.2) is 28.5 Å². The second-order valence-electron chi connectivity index (χ2n) is 3.59. The van der Waals surface area contributed by atoms with E-state index in [-0.39, 0.29) is 5.91 Å². The molecule has 0 aromatic carbocycles. The summed E-state index contributed by atoms with van der Waals surface area (Å²) >= 11 is 1.66. The Balaban J connectivity index is 2.57. The number of nitrogens with zero attached hydrogens (tertiary/aromatic N) is 1. The Hall–Kier alpha value is -1.09. The number of likely N-dealkylation sites (N-methyl/N-ethyl adjacent to an activating group) is 1. The maximum absolute atomic E-state index is 11.8. The lowest BCUT2D eigenvalue weighted by atomic mass is 10.2. The van der Waals surface area contributed by atoms with Crippen molar-refractivity contribution in [3.8, 4) is 0 Å². The first-order valence-corrected chi connectivity index (χ1v) is 6.02. The summed E-state index contributed by atoms with van der Waals surface area (Å²) in [5.74, 6) is 0.114. The maximum atomic E-state index is 11.8. The lowest BCUT2D eigenvalue weighted by Gasteiger charge is -2.16. The largest absolute Gasteiger partial charge is 0.338 e. The van der Waals surface area contributed by atoms with Crippen molar-refractivity contribution in [2.75, 3.05) is 7.05 Å². The predicted molar refractivity (Wildman–Crippen MR) is 64.8 cm³/mol. The molecule has 0 saturated heterocycles. The van der Waals surface area contributed by atoms with Crippen LogP contribution in [-0.2, 0) is 11.3 Å². The van der Waals surface area contributed by atoms with Gasteiger partial charge in [0.2, 0.25) is 5.91 Å². The normalized spacial score (nSPS) is 11.5. The third-order valence-electron chi connectivity index (χ3n) is 2.19. The molecule has 3 heteroatoms. The van der Waals surface area contributed by atoms with Gasteiger partial charge in [-0.25, -0.2) is 0 Å². The minimum Gasteiger partial charge on any atom is -0.338 e.